The van der Waals surface area contributed by atoms with Crippen molar-refractivity contribution >= 4 is 23.5 Å². The Balaban J connectivity index is 1.43. The molecule has 0 unspecified atom stereocenters. The molecule has 0 atom stereocenters. The van der Waals surface area contributed by atoms with Crippen LogP contribution in [0.5, 0.6) is 5.75 Å². The lowest BCUT2D eigenvalue weighted by Crippen LogP contribution is -2.52. The summed E-state index contributed by atoms with van der Waals surface area (Å²) in [5.41, 5.74) is 2.74. The number of benzene rings is 2. The average molecular weight is 420 g/mol. The van der Waals surface area contributed by atoms with Crippen molar-refractivity contribution in [2.75, 3.05) is 13.1 Å². The van der Waals surface area contributed by atoms with E-state index >= 15 is 0 Å². The van der Waals surface area contributed by atoms with Crippen molar-refractivity contribution in [3.8, 4) is 5.75 Å². The minimum atomic E-state index is -0.566. The number of ketones is 1. The van der Waals surface area contributed by atoms with Gasteiger partial charge in [0, 0.05) is 44.1 Å². The zero-order chi connectivity index (χ0) is 22.2. The number of non-ortho nitro benzene ring substituents is 1. The molecule has 2 aliphatic rings. The highest BCUT2D eigenvalue weighted by atomic mass is 16.6. The molecule has 0 aromatic heterocycles. The van der Waals surface area contributed by atoms with E-state index in [-0.39, 0.29) is 17.4 Å². The first-order valence-electron chi connectivity index (χ1n) is 10.3. The summed E-state index contributed by atoms with van der Waals surface area (Å²) in [6.45, 7) is 4.95. The monoisotopic (exact) mass is 420 g/mol. The number of nitro benzene ring substituents is 1. The smallest absolute Gasteiger partial charge is 0.270 e. The lowest BCUT2D eigenvalue weighted by molar-refractivity contribution is -0.384. The zero-order valence-corrected chi connectivity index (χ0v) is 17.6. The zero-order valence-electron chi connectivity index (χ0n) is 17.6. The Kier molecular flexibility index (Phi) is 5.35. The summed E-state index contributed by atoms with van der Waals surface area (Å²) in [6.07, 6.45) is 4.52. The lowest BCUT2D eigenvalue weighted by Gasteiger charge is -2.44. The number of amides is 1. The van der Waals surface area contributed by atoms with Crippen molar-refractivity contribution in [2.45, 2.75) is 38.7 Å². The summed E-state index contributed by atoms with van der Waals surface area (Å²) in [7, 11) is 0. The quantitative estimate of drug-likeness (QED) is 0.421. The molecule has 7 nitrogen and oxygen atoms in total. The van der Waals surface area contributed by atoms with E-state index in [0.717, 1.165) is 11.1 Å². The summed E-state index contributed by atoms with van der Waals surface area (Å²) >= 11 is 0. The highest BCUT2D eigenvalue weighted by Crippen LogP contribution is 2.41. The van der Waals surface area contributed by atoms with E-state index in [4.69, 9.17) is 4.74 Å². The van der Waals surface area contributed by atoms with E-state index in [9.17, 15) is 19.7 Å². The number of carbonyl (C=O) groups is 2. The van der Waals surface area contributed by atoms with Crippen molar-refractivity contribution in [1.29, 1.82) is 0 Å². The fourth-order valence-corrected chi connectivity index (χ4v) is 4.21. The van der Waals surface area contributed by atoms with E-state index in [1.807, 2.05) is 26.0 Å². The summed E-state index contributed by atoms with van der Waals surface area (Å²) in [5, 5.41) is 10.9. The molecular formula is C24H24N2O5. The van der Waals surface area contributed by atoms with Crippen molar-refractivity contribution in [1.82, 2.24) is 4.90 Å². The van der Waals surface area contributed by atoms with Crippen LogP contribution in [0, 0.1) is 24.0 Å². The molecule has 1 fully saturated rings. The topological polar surface area (TPSA) is 89.8 Å². The SMILES string of the molecule is Cc1ccc2c(c1C)OC1(CCN(C(=O)/C=C/c3cccc([N+](=O)[O-])c3)CC1)CC2=O. The van der Waals surface area contributed by atoms with Crippen LogP contribution in [0.1, 0.15) is 46.3 Å². The predicted octanol–water partition coefficient (Wildman–Crippen LogP) is 4.25. The first-order valence-corrected chi connectivity index (χ1v) is 10.3. The van der Waals surface area contributed by atoms with Crippen LogP contribution in [0.3, 0.4) is 0 Å². The first-order chi connectivity index (χ1) is 14.8. The van der Waals surface area contributed by atoms with Gasteiger partial charge >= 0.3 is 0 Å². The number of nitrogens with zero attached hydrogens (tertiary/aromatic N) is 2. The lowest BCUT2D eigenvalue weighted by atomic mass is 9.81. The molecule has 0 radical (unpaired) electrons. The Morgan fingerprint density at radius 1 is 1.19 bits per heavy atom. The molecule has 0 aliphatic carbocycles. The van der Waals surface area contributed by atoms with Crippen LogP contribution in [0.15, 0.2) is 42.5 Å². The Morgan fingerprint density at radius 3 is 2.65 bits per heavy atom. The summed E-state index contributed by atoms with van der Waals surface area (Å²) in [5.74, 6) is 0.618. The predicted molar refractivity (Wildman–Crippen MR) is 116 cm³/mol. The largest absolute Gasteiger partial charge is 0.486 e. The molecule has 31 heavy (non-hydrogen) atoms. The van der Waals surface area contributed by atoms with Crippen LogP contribution in [0.25, 0.3) is 6.08 Å². The highest BCUT2D eigenvalue weighted by Gasteiger charge is 2.44. The molecule has 160 valence electrons. The number of likely N-dealkylation sites (tertiary alicyclic amines) is 1. The average Bonchev–Trinajstić information content (AvgIpc) is 2.75. The van der Waals surface area contributed by atoms with E-state index in [0.29, 0.717) is 49.2 Å². The van der Waals surface area contributed by atoms with Gasteiger partial charge in [0.05, 0.1) is 16.9 Å². The molecule has 1 amide bonds. The van der Waals surface area contributed by atoms with Gasteiger partial charge in [-0.25, -0.2) is 0 Å². The second-order valence-electron chi connectivity index (χ2n) is 8.28. The molecule has 0 saturated carbocycles. The molecule has 4 rings (SSSR count). The Hall–Kier alpha value is -3.48. The van der Waals surface area contributed by atoms with Crippen molar-refractivity contribution in [3.63, 3.8) is 0 Å². The molecule has 7 heteroatoms. The van der Waals surface area contributed by atoms with E-state index in [1.54, 1.807) is 23.1 Å². The Morgan fingerprint density at radius 2 is 1.94 bits per heavy atom. The van der Waals surface area contributed by atoms with Gasteiger partial charge in [0.1, 0.15) is 11.4 Å². The van der Waals surface area contributed by atoms with Gasteiger partial charge in [-0.15, -0.1) is 0 Å². The maximum absolute atomic E-state index is 12.8. The summed E-state index contributed by atoms with van der Waals surface area (Å²) in [4.78, 5) is 37.5. The third kappa shape index (κ3) is 4.08. The molecule has 2 aromatic carbocycles. The second-order valence-corrected chi connectivity index (χ2v) is 8.28. The van der Waals surface area contributed by atoms with Crippen molar-refractivity contribution in [3.05, 3.63) is 74.8 Å². The first kappa shape index (κ1) is 20.8. The molecule has 1 spiro atoms. The number of piperidine rings is 1. The number of fused-ring (bicyclic) bond motifs is 1. The number of rotatable bonds is 3. The third-order valence-corrected chi connectivity index (χ3v) is 6.26. The molecule has 0 N–H and O–H groups in total. The number of Topliss-reactive ketones (excluding diaryl/α,β-unsaturated/α-hetero) is 1. The van der Waals surface area contributed by atoms with E-state index in [2.05, 4.69) is 0 Å². The van der Waals surface area contributed by atoms with Crippen LogP contribution in [-0.4, -0.2) is 40.2 Å². The third-order valence-electron chi connectivity index (χ3n) is 6.26. The van der Waals surface area contributed by atoms with Crippen LogP contribution in [0.2, 0.25) is 0 Å². The summed E-state index contributed by atoms with van der Waals surface area (Å²) in [6, 6.07) is 9.93. The number of hydrogen-bond acceptors (Lipinski definition) is 5. The minimum absolute atomic E-state index is 0.0144. The fourth-order valence-electron chi connectivity index (χ4n) is 4.21. The summed E-state index contributed by atoms with van der Waals surface area (Å²) < 4.78 is 6.39. The van der Waals surface area contributed by atoms with Gasteiger partial charge in [0.2, 0.25) is 5.91 Å². The molecule has 2 aromatic rings. The van der Waals surface area contributed by atoms with Crippen LogP contribution >= 0.6 is 0 Å². The molecule has 1 saturated heterocycles. The number of hydrogen-bond donors (Lipinski definition) is 0. The molecule has 0 bridgehead atoms. The molecule has 2 aliphatic heterocycles. The van der Waals surface area contributed by atoms with Crippen LogP contribution < -0.4 is 4.74 Å². The van der Waals surface area contributed by atoms with E-state index < -0.39 is 10.5 Å². The van der Waals surface area contributed by atoms with Gasteiger partial charge in [0.15, 0.2) is 5.78 Å². The van der Waals surface area contributed by atoms with E-state index in [1.165, 1.54) is 18.2 Å². The van der Waals surface area contributed by atoms with Gasteiger partial charge in [-0.1, -0.05) is 18.2 Å². The number of carbonyl (C=O) groups excluding carboxylic acids is 2. The van der Waals surface area contributed by atoms with Gasteiger partial charge in [-0.05, 0) is 42.7 Å². The highest BCUT2D eigenvalue weighted by molar-refractivity contribution is 6.01. The van der Waals surface area contributed by atoms with Gasteiger partial charge in [0.25, 0.3) is 5.69 Å². The number of ether oxygens (including phenoxy) is 1. The molecular weight excluding hydrogens is 396 g/mol. The maximum Gasteiger partial charge on any atom is 0.270 e. The number of aryl methyl sites for hydroxylation is 1. The fraction of sp³-hybridized carbons (Fsp3) is 0.333. The van der Waals surface area contributed by atoms with Gasteiger partial charge < -0.3 is 9.64 Å². The normalized spacial score (nSPS) is 17.5. The second kappa shape index (κ2) is 7.98. The minimum Gasteiger partial charge on any atom is -0.486 e. The standard InChI is InChI=1S/C24H24N2O5/c1-16-6-8-20-21(27)15-24(31-23(20)17(16)2)10-12-25(13-11-24)22(28)9-7-18-4-3-5-19(14-18)26(29)30/h3-9,14H,10-13,15H2,1-2H3/b9-7+. The van der Waals surface area contributed by atoms with Crippen molar-refractivity contribution in [2.24, 2.45) is 0 Å². The van der Waals surface area contributed by atoms with Crippen molar-refractivity contribution < 1.29 is 19.2 Å². The van der Waals surface area contributed by atoms with Crippen LogP contribution in [-0.2, 0) is 4.79 Å². The maximum atomic E-state index is 12.8. The molecule has 2 heterocycles. The van der Waals surface area contributed by atoms with Crippen LogP contribution in [0.4, 0.5) is 5.69 Å². The Bertz CT molecular complexity index is 1100. The van der Waals surface area contributed by atoms with Gasteiger partial charge in [-0.2, -0.15) is 0 Å². The Labute approximate surface area is 180 Å². The van der Waals surface area contributed by atoms with Gasteiger partial charge in [-0.3, -0.25) is 19.7 Å². The number of nitro groups is 1.